The van der Waals surface area contributed by atoms with Gasteiger partial charge in [0.05, 0.1) is 11.4 Å². The molecule has 2 rings (SSSR count). The molecule has 0 radical (unpaired) electrons. The summed E-state index contributed by atoms with van der Waals surface area (Å²) in [5.41, 5.74) is 7.05. The minimum absolute atomic E-state index is 0.118. The summed E-state index contributed by atoms with van der Waals surface area (Å²) in [7, 11) is -1.67. The summed E-state index contributed by atoms with van der Waals surface area (Å²) in [6, 6.07) is 0.118. The Bertz CT molecular complexity index is 542. The second-order valence-corrected chi connectivity index (χ2v) is 6.74. The van der Waals surface area contributed by atoms with Crippen molar-refractivity contribution in [3.8, 4) is 0 Å². The summed E-state index contributed by atoms with van der Waals surface area (Å²) in [5.74, 6) is 0. The second kappa shape index (κ2) is 4.64. The van der Waals surface area contributed by atoms with Crippen molar-refractivity contribution < 1.29 is 8.42 Å². The molecule has 2 N–H and O–H groups in total. The first-order valence-electron chi connectivity index (χ1n) is 6.10. The highest BCUT2D eigenvalue weighted by Gasteiger charge is 2.32. The number of hydrogen-bond acceptors (Lipinski definition) is 4. The fourth-order valence-corrected chi connectivity index (χ4v) is 4.24. The molecule has 2 heterocycles. The molecule has 1 saturated heterocycles. The molecule has 0 spiro atoms. The third-order valence-electron chi connectivity index (χ3n) is 3.54. The molecule has 0 amide bonds. The molecule has 7 heteroatoms. The third-order valence-corrected chi connectivity index (χ3v) is 5.69. The Balaban J connectivity index is 2.37. The maximum Gasteiger partial charge on any atom is 0.246 e. The van der Waals surface area contributed by atoms with Crippen molar-refractivity contribution in [2.75, 3.05) is 13.1 Å². The van der Waals surface area contributed by atoms with Crippen LogP contribution < -0.4 is 5.73 Å². The van der Waals surface area contributed by atoms with Crippen LogP contribution >= 0.6 is 0 Å². The lowest BCUT2D eigenvalue weighted by Gasteiger charge is -2.29. The van der Waals surface area contributed by atoms with E-state index in [0.29, 0.717) is 29.4 Å². The molecule has 102 valence electrons. The molecule has 1 aromatic rings. The van der Waals surface area contributed by atoms with E-state index in [9.17, 15) is 8.42 Å². The number of piperidine rings is 1. The molecular weight excluding hydrogens is 252 g/mol. The summed E-state index contributed by atoms with van der Waals surface area (Å²) < 4.78 is 28.3. The van der Waals surface area contributed by atoms with Crippen molar-refractivity contribution in [2.45, 2.75) is 37.6 Å². The predicted octanol–water partition coefficient (Wildman–Crippen LogP) is 0.149. The Kier molecular flexibility index (Phi) is 3.48. The molecular formula is C11H20N4O2S. The van der Waals surface area contributed by atoms with E-state index in [1.54, 1.807) is 25.6 Å². The van der Waals surface area contributed by atoms with Gasteiger partial charge >= 0.3 is 0 Å². The average Bonchev–Trinajstić information content (AvgIpc) is 2.54. The Hall–Kier alpha value is -0.920. The topological polar surface area (TPSA) is 81.2 Å². The number of rotatable bonds is 2. The lowest BCUT2D eigenvalue weighted by atomic mass is 10.1. The molecule has 6 nitrogen and oxygen atoms in total. The van der Waals surface area contributed by atoms with Gasteiger partial charge in [-0.25, -0.2) is 8.42 Å². The summed E-state index contributed by atoms with van der Waals surface area (Å²) in [5, 5.41) is 4.17. The van der Waals surface area contributed by atoms with Crippen LogP contribution in [0.3, 0.4) is 0 Å². The first kappa shape index (κ1) is 13.5. The summed E-state index contributed by atoms with van der Waals surface area (Å²) in [4.78, 5) is 0.348. The molecule has 0 aromatic carbocycles. The molecule has 0 unspecified atom stereocenters. The van der Waals surface area contributed by atoms with E-state index in [2.05, 4.69) is 5.10 Å². The van der Waals surface area contributed by atoms with E-state index in [4.69, 9.17) is 5.73 Å². The quantitative estimate of drug-likeness (QED) is 0.831. The van der Waals surface area contributed by atoms with Gasteiger partial charge in [0.2, 0.25) is 10.0 Å². The van der Waals surface area contributed by atoms with Crippen molar-refractivity contribution >= 4 is 10.0 Å². The molecule has 0 atom stereocenters. The highest BCUT2D eigenvalue weighted by atomic mass is 32.2. The Morgan fingerprint density at radius 3 is 2.28 bits per heavy atom. The smallest absolute Gasteiger partial charge is 0.246 e. The fraction of sp³-hybridized carbons (Fsp3) is 0.727. The number of aryl methyl sites for hydroxylation is 2. The zero-order valence-corrected chi connectivity index (χ0v) is 11.9. The highest BCUT2D eigenvalue weighted by Crippen LogP contribution is 2.25. The normalized spacial score (nSPS) is 19.3. The van der Waals surface area contributed by atoms with Crippen molar-refractivity contribution in [1.29, 1.82) is 0 Å². The molecule has 1 aliphatic heterocycles. The predicted molar refractivity (Wildman–Crippen MR) is 68.7 cm³/mol. The first-order valence-corrected chi connectivity index (χ1v) is 7.54. The van der Waals surface area contributed by atoms with Gasteiger partial charge in [-0.2, -0.15) is 9.40 Å². The fourth-order valence-electron chi connectivity index (χ4n) is 2.37. The van der Waals surface area contributed by atoms with E-state index in [-0.39, 0.29) is 6.04 Å². The van der Waals surface area contributed by atoms with Gasteiger partial charge in [0.25, 0.3) is 0 Å². The van der Waals surface area contributed by atoms with Crippen molar-refractivity contribution in [3.63, 3.8) is 0 Å². The maximum absolute atomic E-state index is 12.6. The number of aromatic nitrogens is 2. The van der Waals surface area contributed by atoms with Gasteiger partial charge in [0.15, 0.2) is 0 Å². The lowest BCUT2D eigenvalue weighted by molar-refractivity contribution is 0.319. The van der Waals surface area contributed by atoms with Crippen LogP contribution in [-0.2, 0) is 17.1 Å². The zero-order chi connectivity index (χ0) is 13.5. The van der Waals surface area contributed by atoms with E-state index in [0.717, 1.165) is 12.8 Å². The van der Waals surface area contributed by atoms with Gasteiger partial charge in [-0.3, -0.25) is 4.68 Å². The summed E-state index contributed by atoms with van der Waals surface area (Å²) >= 11 is 0. The van der Waals surface area contributed by atoms with Gasteiger partial charge in [-0.15, -0.1) is 0 Å². The standard InChI is InChI=1S/C11H20N4O2S/c1-8-11(9(2)14(3)13-8)18(16,17)15-6-4-10(12)5-7-15/h10H,4-7,12H2,1-3H3. The first-order chi connectivity index (χ1) is 8.34. The largest absolute Gasteiger partial charge is 0.328 e. The van der Waals surface area contributed by atoms with Crippen molar-refractivity contribution in [3.05, 3.63) is 11.4 Å². The van der Waals surface area contributed by atoms with E-state index < -0.39 is 10.0 Å². The molecule has 0 saturated carbocycles. The lowest BCUT2D eigenvalue weighted by Crippen LogP contribution is -2.43. The average molecular weight is 272 g/mol. The van der Waals surface area contributed by atoms with Crippen molar-refractivity contribution in [2.24, 2.45) is 12.8 Å². The van der Waals surface area contributed by atoms with Gasteiger partial charge in [0.1, 0.15) is 4.90 Å². The third kappa shape index (κ3) is 2.17. The van der Waals surface area contributed by atoms with Crippen LogP contribution in [0.1, 0.15) is 24.2 Å². The van der Waals surface area contributed by atoms with Crippen LogP contribution in [0.25, 0.3) is 0 Å². The Labute approximate surface area is 108 Å². The van der Waals surface area contributed by atoms with Crippen LogP contribution in [0.5, 0.6) is 0 Å². The number of sulfonamides is 1. The van der Waals surface area contributed by atoms with Crippen molar-refractivity contribution in [1.82, 2.24) is 14.1 Å². The van der Waals surface area contributed by atoms with Crippen LogP contribution in [0.2, 0.25) is 0 Å². The van der Waals surface area contributed by atoms with E-state index in [1.165, 1.54) is 4.31 Å². The minimum Gasteiger partial charge on any atom is -0.328 e. The van der Waals surface area contributed by atoms with E-state index in [1.807, 2.05) is 0 Å². The molecule has 18 heavy (non-hydrogen) atoms. The second-order valence-electron chi connectivity index (χ2n) is 4.87. The minimum atomic E-state index is -3.43. The van der Waals surface area contributed by atoms with Gasteiger partial charge in [-0.1, -0.05) is 0 Å². The summed E-state index contributed by atoms with van der Waals surface area (Å²) in [6.07, 6.45) is 1.44. The number of nitrogens with zero attached hydrogens (tertiary/aromatic N) is 3. The Morgan fingerprint density at radius 2 is 1.83 bits per heavy atom. The molecule has 1 aliphatic rings. The van der Waals surface area contributed by atoms with Crippen LogP contribution in [0.15, 0.2) is 4.90 Å². The molecule has 0 aliphatic carbocycles. The van der Waals surface area contributed by atoms with Crippen LogP contribution in [0, 0.1) is 13.8 Å². The maximum atomic E-state index is 12.6. The number of nitrogens with two attached hydrogens (primary N) is 1. The molecule has 0 bridgehead atoms. The van der Waals surface area contributed by atoms with Crippen LogP contribution in [-0.4, -0.2) is 41.6 Å². The highest BCUT2D eigenvalue weighted by molar-refractivity contribution is 7.89. The molecule has 1 aromatic heterocycles. The monoisotopic (exact) mass is 272 g/mol. The summed E-state index contributed by atoms with van der Waals surface area (Å²) in [6.45, 7) is 4.51. The Morgan fingerprint density at radius 1 is 1.28 bits per heavy atom. The van der Waals surface area contributed by atoms with Gasteiger partial charge in [-0.05, 0) is 26.7 Å². The SMILES string of the molecule is Cc1nn(C)c(C)c1S(=O)(=O)N1CCC(N)CC1. The zero-order valence-electron chi connectivity index (χ0n) is 11.0. The van der Waals surface area contributed by atoms with Gasteiger partial charge < -0.3 is 5.73 Å². The molecule has 1 fully saturated rings. The number of hydrogen-bond donors (Lipinski definition) is 1. The van der Waals surface area contributed by atoms with E-state index >= 15 is 0 Å². The van der Waals surface area contributed by atoms with Gasteiger partial charge in [0, 0.05) is 26.2 Å². The van der Waals surface area contributed by atoms with Crippen LogP contribution in [0.4, 0.5) is 0 Å².